The molecule has 0 N–H and O–H groups in total. The Hall–Kier alpha value is -1.20. The van der Waals surface area contributed by atoms with Crippen molar-refractivity contribution in [1.82, 2.24) is 4.57 Å². The third kappa shape index (κ3) is 3.89. The predicted molar refractivity (Wildman–Crippen MR) is 89.0 cm³/mol. The minimum Gasteiger partial charge on any atom is -0.360 e. The number of hydrogen-bond donors (Lipinski definition) is 0. The van der Waals surface area contributed by atoms with Crippen molar-refractivity contribution in [2.45, 2.75) is 12.9 Å². The largest absolute Gasteiger partial charge is 0.432 e. The van der Waals surface area contributed by atoms with Gasteiger partial charge in [-0.15, -0.1) is 11.6 Å². The lowest BCUT2D eigenvalue weighted by Gasteiger charge is -2.16. The maximum Gasteiger partial charge on any atom is 0.432 e. The lowest BCUT2D eigenvalue weighted by molar-refractivity contribution is -0.146. The van der Waals surface area contributed by atoms with Gasteiger partial charge in [0.2, 0.25) is 0 Å². The predicted octanol–water partition coefficient (Wildman–Crippen LogP) is 5.67. The van der Waals surface area contributed by atoms with Gasteiger partial charge < -0.3 is 9.30 Å². The fourth-order valence-electron chi connectivity index (χ4n) is 2.21. The highest BCUT2D eigenvalue weighted by Crippen LogP contribution is 2.43. The first-order valence-electron chi connectivity index (χ1n) is 6.60. The molecule has 1 aromatic carbocycles. The Morgan fingerprint density at radius 2 is 1.88 bits per heavy atom. The van der Waals surface area contributed by atoms with E-state index in [-0.39, 0.29) is 34.9 Å². The highest BCUT2D eigenvalue weighted by Gasteiger charge is 2.40. The average molecular weight is 442 g/mol. The van der Waals surface area contributed by atoms with Crippen LogP contribution in [-0.4, -0.2) is 17.1 Å². The lowest BCUT2D eigenvalue weighted by atomic mass is 10.1. The third-order valence-corrected chi connectivity index (χ3v) is 4.32. The van der Waals surface area contributed by atoms with Gasteiger partial charge in [-0.3, -0.25) is 0 Å². The van der Waals surface area contributed by atoms with Crippen LogP contribution >= 0.6 is 39.1 Å². The number of aromatic nitrogens is 1. The molecule has 0 bridgehead atoms. The van der Waals surface area contributed by atoms with Crippen molar-refractivity contribution >= 4 is 39.1 Å². The van der Waals surface area contributed by atoms with E-state index < -0.39 is 11.9 Å². The Morgan fingerprint density at radius 3 is 2.38 bits per heavy atom. The monoisotopic (exact) mass is 440 g/mol. The van der Waals surface area contributed by atoms with E-state index in [0.29, 0.717) is 10.6 Å². The van der Waals surface area contributed by atoms with Crippen LogP contribution in [0.5, 0.6) is 0 Å². The standard InChI is InChI=1S/C15H10BrCl2F3N2O/c16-12-11(7-22)13(9-1-3-10(18)4-2-9)23(8-24-6-5-17)14(12)15(19,20)21/h1-4H,5-6,8H2. The summed E-state index contributed by atoms with van der Waals surface area (Å²) < 4.78 is 46.2. The molecule has 0 unspecified atom stereocenters. The maximum absolute atomic E-state index is 13.5. The SMILES string of the molecule is N#Cc1c(Br)c(C(F)(F)F)n(COCCCl)c1-c1ccc(Cl)cc1. The number of rotatable bonds is 5. The zero-order valence-corrected chi connectivity index (χ0v) is 15.1. The van der Waals surface area contributed by atoms with Gasteiger partial charge in [-0.25, -0.2) is 0 Å². The fraction of sp³-hybridized carbons (Fsp3) is 0.267. The second kappa shape index (κ2) is 7.79. The van der Waals surface area contributed by atoms with Gasteiger partial charge in [0.05, 0.1) is 22.3 Å². The normalized spacial score (nSPS) is 11.5. The molecular weight excluding hydrogens is 432 g/mol. The second-order valence-corrected chi connectivity index (χ2v) is 6.26. The minimum atomic E-state index is -4.67. The van der Waals surface area contributed by atoms with Crippen LogP contribution in [0.4, 0.5) is 13.2 Å². The quantitative estimate of drug-likeness (QED) is 0.442. The molecule has 9 heteroatoms. The van der Waals surface area contributed by atoms with Crippen molar-refractivity contribution in [3.05, 3.63) is 45.0 Å². The number of ether oxygens (including phenoxy) is 1. The molecular formula is C15H10BrCl2F3N2O. The van der Waals surface area contributed by atoms with Crippen molar-refractivity contribution in [3.63, 3.8) is 0 Å². The summed E-state index contributed by atoms with van der Waals surface area (Å²) in [6, 6.07) is 7.98. The molecule has 128 valence electrons. The van der Waals surface area contributed by atoms with Crippen LogP contribution in [0.1, 0.15) is 11.3 Å². The van der Waals surface area contributed by atoms with Crippen LogP contribution in [0, 0.1) is 11.3 Å². The molecule has 0 radical (unpaired) electrons. The zero-order valence-electron chi connectivity index (χ0n) is 12.0. The van der Waals surface area contributed by atoms with E-state index in [0.717, 1.165) is 4.57 Å². The molecule has 0 spiro atoms. The first-order valence-corrected chi connectivity index (χ1v) is 8.30. The molecule has 3 nitrogen and oxygen atoms in total. The van der Waals surface area contributed by atoms with Gasteiger partial charge in [-0.05, 0) is 33.6 Å². The molecule has 0 saturated heterocycles. The summed E-state index contributed by atoms with van der Waals surface area (Å²) >= 11 is 14.2. The molecule has 0 aliphatic rings. The topological polar surface area (TPSA) is 38.0 Å². The maximum atomic E-state index is 13.5. The minimum absolute atomic E-state index is 0.0800. The number of halogens is 6. The lowest BCUT2D eigenvalue weighted by Crippen LogP contribution is -2.17. The van der Waals surface area contributed by atoms with Gasteiger partial charge in [0.1, 0.15) is 18.5 Å². The first kappa shape index (κ1) is 19.1. The number of alkyl halides is 4. The van der Waals surface area contributed by atoms with E-state index in [4.69, 9.17) is 27.9 Å². The molecule has 24 heavy (non-hydrogen) atoms. The van der Waals surface area contributed by atoms with Gasteiger partial charge >= 0.3 is 6.18 Å². The summed E-state index contributed by atoms with van der Waals surface area (Å²) in [7, 11) is 0. The van der Waals surface area contributed by atoms with Gasteiger partial charge in [-0.1, -0.05) is 23.7 Å². The van der Waals surface area contributed by atoms with E-state index in [1.807, 2.05) is 6.07 Å². The number of benzene rings is 1. The van der Waals surface area contributed by atoms with E-state index in [9.17, 15) is 18.4 Å². The summed E-state index contributed by atoms with van der Waals surface area (Å²) in [5, 5.41) is 9.78. The van der Waals surface area contributed by atoms with Gasteiger partial charge in [0.25, 0.3) is 0 Å². The van der Waals surface area contributed by atoms with Gasteiger partial charge in [0.15, 0.2) is 0 Å². The van der Waals surface area contributed by atoms with E-state index in [1.165, 1.54) is 12.1 Å². The molecule has 0 saturated carbocycles. The Kier molecular flexibility index (Phi) is 6.21. The number of hydrogen-bond acceptors (Lipinski definition) is 2. The van der Waals surface area contributed by atoms with Crippen molar-refractivity contribution in [1.29, 1.82) is 5.26 Å². The summed E-state index contributed by atoms with van der Waals surface area (Å²) in [4.78, 5) is 0. The van der Waals surface area contributed by atoms with Gasteiger partial charge in [0, 0.05) is 10.9 Å². The summed E-state index contributed by atoms with van der Waals surface area (Å²) in [6.45, 7) is -0.309. The zero-order chi connectivity index (χ0) is 17.9. The first-order chi connectivity index (χ1) is 11.3. The highest BCUT2D eigenvalue weighted by molar-refractivity contribution is 9.10. The molecule has 0 amide bonds. The summed E-state index contributed by atoms with van der Waals surface area (Å²) in [6.07, 6.45) is -4.67. The molecule has 0 aliphatic heterocycles. The number of nitriles is 1. The summed E-state index contributed by atoms with van der Waals surface area (Å²) in [5.74, 6) is 0.144. The van der Waals surface area contributed by atoms with Crippen molar-refractivity contribution in [2.75, 3.05) is 12.5 Å². The van der Waals surface area contributed by atoms with Crippen molar-refractivity contribution < 1.29 is 17.9 Å². The van der Waals surface area contributed by atoms with Crippen LogP contribution in [-0.2, 0) is 17.6 Å². The Balaban J connectivity index is 2.70. The molecule has 0 aliphatic carbocycles. The smallest absolute Gasteiger partial charge is 0.360 e. The summed E-state index contributed by atoms with van der Waals surface area (Å²) in [5.41, 5.74) is -0.595. The highest BCUT2D eigenvalue weighted by atomic mass is 79.9. The van der Waals surface area contributed by atoms with Crippen molar-refractivity contribution in [2.24, 2.45) is 0 Å². The molecule has 2 rings (SSSR count). The number of nitrogens with zero attached hydrogens (tertiary/aromatic N) is 2. The Bertz CT molecular complexity index is 767. The Morgan fingerprint density at radius 1 is 1.25 bits per heavy atom. The van der Waals surface area contributed by atoms with Crippen molar-refractivity contribution in [3.8, 4) is 17.3 Å². The third-order valence-electron chi connectivity index (χ3n) is 3.14. The van der Waals surface area contributed by atoms with E-state index in [1.54, 1.807) is 12.1 Å². The molecule has 1 heterocycles. The second-order valence-electron chi connectivity index (χ2n) is 4.66. The average Bonchev–Trinajstić information content (AvgIpc) is 2.80. The Labute approximate surface area is 154 Å². The van der Waals surface area contributed by atoms with E-state index >= 15 is 0 Å². The van der Waals surface area contributed by atoms with Crippen LogP contribution in [0.3, 0.4) is 0 Å². The molecule has 2 aromatic rings. The molecule has 1 aromatic heterocycles. The van der Waals surface area contributed by atoms with Crippen LogP contribution in [0.25, 0.3) is 11.3 Å². The molecule has 0 atom stereocenters. The van der Waals surface area contributed by atoms with Gasteiger partial charge in [-0.2, -0.15) is 18.4 Å². The van der Waals surface area contributed by atoms with E-state index in [2.05, 4.69) is 15.9 Å². The fourth-order valence-corrected chi connectivity index (χ4v) is 3.16. The van der Waals surface area contributed by atoms with Crippen LogP contribution < -0.4 is 0 Å². The van der Waals surface area contributed by atoms with Crippen LogP contribution in [0.2, 0.25) is 5.02 Å². The molecule has 0 fully saturated rings. The van der Waals surface area contributed by atoms with Crippen LogP contribution in [0.15, 0.2) is 28.7 Å².